The number of halogens is 1. The molecule has 0 radical (unpaired) electrons. The fourth-order valence-corrected chi connectivity index (χ4v) is 6.42. The Balaban J connectivity index is 1.45. The summed E-state index contributed by atoms with van der Waals surface area (Å²) >= 11 is 8.88. The smallest absolute Gasteiger partial charge is 0.267 e. The SMILES string of the molecule is COc1ccc(NC(=O)CSc2nc3sc4c(c3c(=O)n2-c2ccc(Cl)cc2)CCC4)cc1OC. The third-order valence-electron chi connectivity index (χ3n) is 5.79. The summed E-state index contributed by atoms with van der Waals surface area (Å²) in [4.78, 5) is 33.2. The molecule has 4 aromatic rings. The van der Waals surface area contributed by atoms with Crippen LogP contribution in [0, 0.1) is 0 Å². The van der Waals surface area contributed by atoms with Crippen molar-refractivity contribution in [3.63, 3.8) is 0 Å². The van der Waals surface area contributed by atoms with Crippen LogP contribution >= 0.6 is 34.7 Å². The largest absolute Gasteiger partial charge is 0.493 e. The monoisotopic (exact) mass is 527 g/mol. The van der Waals surface area contributed by atoms with Gasteiger partial charge in [-0.3, -0.25) is 14.2 Å². The number of carbonyl (C=O) groups excluding carboxylic acids is 1. The minimum absolute atomic E-state index is 0.0744. The number of rotatable bonds is 7. The molecule has 0 bridgehead atoms. The second-order valence-electron chi connectivity index (χ2n) is 7.96. The van der Waals surface area contributed by atoms with E-state index in [9.17, 15) is 9.59 Å². The highest BCUT2D eigenvalue weighted by Crippen LogP contribution is 2.36. The van der Waals surface area contributed by atoms with Gasteiger partial charge in [0, 0.05) is 21.7 Å². The summed E-state index contributed by atoms with van der Waals surface area (Å²) < 4.78 is 12.1. The van der Waals surface area contributed by atoms with Gasteiger partial charge in [-0.05, 0) is 61.2 Å². The highest BCUT2D eigenvalue weighted by Gasteiger charge is 2.24. The molecule has 7 nitrogen and oxygen atoms in total. The van der Waals surface area contributed by atoms with E-state index in [1.165, 1.54) is 23.7 Å². The van der Waals surface area contributed by atoms with Crippen molar-refractivity contribution in [2.24, 2.45) is 0 Å². The standard InChI is InChI=1S/C25H22ClN3O4S2/c1-32-18-11-8-15(12-19(18)33-2)27-21(30)13-34-25-28-23-22(17-4-3-5-20(17)35-23)24(31)29(25)16-9-6-14(26)7-10-16/h6-12H,3-5,13H2,1-2H3,(H,27,30). The summed E-state index contributed by atoms with van der Waals surface area (Å²) in [5, 5.41) is 4.60. The molecule has 1 N–H and O–H groups in total. The first kappa shape index (κ1) is 23.7. The molecule has 2 aromatic heterocycles. The van der Waals surface area contributed by atoms with E-state index in [4.69, 9.17) is 26.1 Å². The van der Waals surface area contributed by atoms with Gasteiger partial charge in [-0.1, -0.05) is 23.4 Å². The van der Waals surface area contributed by atoms with Crippen molar-refractivity contribution in [1.29, 1.82) is 0 Å². The van der Waals surface area contributed by atoms with Crippen molar-refractivity contribution in [3.05, 3.63) is 68.3 Å². The van der Waals surface area contributed by atoms with Gasteiger partial charge >= 0.3 is 0 Å². The molecule has 0 saturated carbocycles. The van der Waals surface area contributed by atoms with Gasteiger partial charge < -0.3 is 14.8 Å². The fraction of sp³-hybridized carbons (Fsp3) is 0.240. The molecule has 10 heteroatoms. The van der Waals surface area contributed by atoms with Crippen LogP contribution in [-0.4, -0.2) is 35.4 Å². The first-order valence-corrected chi connectivity index (χ1v) is 13.1. The molecule has 35 heavy (non-hydrogen) atoms. The van der Waals surface area contributed by atoms with Gasteiger partial charge in [0.1, 0.15) is 4.83 Å². The Morgan fingerprint density at radius 3 is 2.66 bits per heavy atom. The van der Waals surface area contributed by atoms with E-state index < -0.39 is 0 Å². The summed E-state index contributed by atoms with van der Waals surface area (Å²) in [6.07, 6.45) is 2.93. The Morgan fingerprint density at radius 1 is 1.14 bits per heavy atom. The third kappa shape index (κ3) is 4.63. The quantitative estimate of drug-likeness (QED) is 0.258. The van der Waals surface area contributed by atoms with Crippen LogP contribution in [0.1, 0.15) is 16.9 Å². The fourth-order valence-electron chi connectivity index (χ4n) is 4.18. The Morgan fingerprint density at radius 2 is 1.91 bits per heavy atom. The van der Waals surface area contributed by atoms with Crippen molar-refractivity contribution in [2.45, 2.75) is 24.4 Å². The number of nitrogens with one attached hydrogen (secondary N) is 1. The summed E-state index contributed by atoms with van der Waals surface area (Å²) in [7, 11) is 3.09. The van der Waals surface area contributed by atoms with Crippen LogP contribution in [0.15, 0.2) is 52.4 Å². The van der Waals surface area contributed by atoms with Crippen LogP contribution in [0.3, 0.4) is 0 Å². The Labute approximate surface area is 215 Å². The second-order valence-corrected chi connectivity index (χ2v) is 10.4. The molecule has 1 aliphatic rings. The number of ether oxygens (including phenoxy) is 2. The van der Waals surface area contributed by atoms with Crippen LogP contribution in [0.5, 0.6) is 11.5 Å². The predicted octanol–water partition coefficient (Wildman–Crippen LogP) is 5.34. The van der Waals surface area contributed by atoms with Crippen LogP contribution < -0.4 is 20.3 Å². The minimum Gasteiger partial charge on any atom is -0.493 e. The molecule has 0 spiro atoms. The number of fused-ring (bicyclic) bond motifs is 3. The number of aryl methyl sites for hydroxylation is 2. The topological polar surface area (TPSA) is 82.5 Å². The van der Waals surface area contributed by atoms with E-state index in [1.807, 2.05) is 0 Å². The van der Waals surface area contributed by atoms with Gasteiger partial charge in [0.05, 0.1) is 31.0 Å². The Bertz CT molecular complexity index is 1480. The molecule has 1 aliphatic carbocycles. The molecule has 180 valence electrons. The first-order valence-electron chi connectivity index (χ1n) is 11.0. The molecular weight excluding hydrogens is 506 g/mol. The average Bonchev–Trinajstić information content (AvgIpc) is 3.44. The molecule has 0 fully saturated rings. The number of hydrogen-bond acceptors (Lipinski definition) is 7. The Kier molecular flexibility index (Phi) is 6.73. The lowest BCUT2D eigenvalue weighted by molar-refractivity contribution is -0.113. The number of aromatic nitrogens is 2. The van der Waals surface area contributed by atoms with E-state index in [-0.39, 0.29) is 17.2 Å². The zero-order valence-electron chi connectivity index (χ0n) is 19.1. The van der Waals surface area contributed by atoms with Gasteiger partial charge in [0.25, 0.3) is 5.56 Å². The third-order valence-corrected chi connectivity index (χ3v) is 8.17. The van der Waals surface area contributed by atoms with E-state index in [0.717, 1.165) is 29.7 Å². The highest BCUT2D eigenvalue weighted by molar-refractivity contribution is 7.99. The van der Waals surface area contributed by atoms with Gasteiger partial charge in [-0.25, -0.2) is 4.98 Å². The lowest BCUT2D eigenvalue weighted by Crippen LogP contribution is -2.23. The summed E-state index contributed by atoms with van der Waals surface area (Å²) in [6, 6.07) is 12.2. The van der Waals surface area contributed by atoms with Crippen molar-refractivity contribution < 1.29 is 14.3 Å². The van der Waals surface area contributed by atoms with Crippen molar-refractivity contribution in [1.82, 2.24) is 9.55 Å². The molecule has 0 atom stereocenters. The number of benzene rings is 2. The van der Waals surface area contributed by atoms with Crippen molar-refractivity contribution >= 4 is 56.5 Å². The van der Waals surface area contributed by atoms with E-state index >= 15 is 0 Å². The molecule has 0 saturated heterocycles. The number of nitrogens with zero attached hydrogens (tertiary/aromatic N) is 2. The highest BCUT2D eigenvalue weighted by atomic mass is 35.5. The summed E-state index contributed by atoms with van der Waals surface area (Å²) in [5.41, 5.74) is 2.25. The van der Waals surface area contributed by atoms with Crippen LogP contribution in [0.4, 0.5) is 5.69 Å². The van der Waals surface area contributed by atoms with Gasteiger partial charge in [-0.15, -0.1) is 11.3 Å². The van der Waals surface area contributed by atoms with Gasteiger partial charge in [0.2, 0.25) is 5.91 Å². The normalized spacial score (nSPS) is 12.5. The molecule has 2 heterocycles. The number of hydrogen-bond donors (Lipinski definition) is 1. The van der Waals surface area contributed by atoms with Crippen molar-refractivity contribution in [2.75, 3.05) is 25.3 Å². The van der Waals surface area contributed by atoms with Gasteiger partial charge in [0.15, 0.2) is 16.7 Å². The van der Waals surface area contributed by atoms with E-state index in [0.29, 0.717) is 38.4 Å². The molecular formula is C25H22ClN3O4S2. The molecule has 5 rings (SSSR count). The van der Waals surface area contributed by atoms with Crippen LogP contribution in [0.25, 0.3) is 15.9 Å². The maximum Gasteiger partial charge on any atom is 0.267 e. The summed E-state index contributed by atoms with van der Waals surface area (Å²) in [6.45, 7) is 0. The average molecular weight is 528 g/mol. The second kappa shape index (κ2) is 9.93. The maximum atomic E-state index is 13.7. The number of methoxy groups -OCH3 is 2. The lowest BCUT2D eigenvalue weighted by atomic mass is 10.2. The first-order chi connectivity index (χ1) is 17.0. The van der Waals surface area contributed by atoms with Gasteiger partial charge in [-0.2, -0.15) is 0 Å². The maximum absolute atomic E-state index is 13.7. The zero-order chi connectivity index (χ0) is 24.5. The number of amides is 1. The van der Waals surface area contributed by atoms with E-state index in [1.54, 1.807) is 65.5 Å². The molecule has 2 aromatic carbocycles. The molecule has 1 amide bonds. The Hall–Kier alpha value is -3.01. The van der Waals surface area contributed by atoms with Crippen LogP contribution in [0.2, 0.25) is 5.02 Å². The minimum atomic E-state index is -0.229. The predicted molar refractivity (Wildman–Crippen MR) is 141 cm³/mol. The van der Waals surface area contributed by atoms with Crippen molar-refractivity contribution in [3.8, 4) is 17.2 Å². The molecule has 0 aliphatic heterocycles. The van der Waals surface area contributed by atoms with Crippen LogP contribution in [-0.2, 0) is 17.6 Å². The zero-order valence-corrected chi connectivity index (χ0v) is 21.5. The number of thioether (sulfide) groups is 1. The number of carbonyl (C=O) groups is 1. The molecule has 0 unspecified atom stereocenters. The lowest BCUT2D eigenvalue weighted by Gasteiger charge is -2.13. The number of anilines is 1. The van der Waals surface area contributed by atoms with E-state index in [2.05, 4.69) is 5.32 Å². The summed E-state index contributed by atoms with van der Waals surface area (Å²) in [5.74, 6) is 0.942. The number of thiophene rings is 1.